The van der Waals surface area contributed by atoms with Crippen LogP contribution >= 0.6 is 12.2 Å². The molecule has 1 aromatic heterocycles. The van der Waals surface area contributed by atoms with E-state index in [0.717, 1.165) is 5.69 Å². The van der Waals surface area contributed by atoms with Gasteiger partial charge >= 0.3 is 0 Å². The molecule has 0 radical (unpaired) electrons. The average molecular weight is 288 g/mol. The van der Waals surface area contributed by atoms with Gasteiger partial charge in [-0.25, -0.2) is 18.4 Å². The average Bonchev–Trinajstić information content (AvgIpc) is 2.22. The van der Waals surface area contributed by atoms with Crippen molar-refractivity contribution in [1.29, 1.82) is 0 Å². The first-order valence-corrected chi connectivity index (χ1v) is 7.82. The number of anilines is 1. The summed E-state index contributed by atoms with van der Waals surface area (Å²) in [6.07, 6.45) is 1.71. The number of aryl methyl sites for hydroxylation is 1. The van der Waals surface area contributed by atoms with Crippen LogP contribution in [-0.2, 0) is 9.84 Å². The Labute approximate surface area is 112 Å². The molecule has 1 rings (SSSR count). The van der Waals surface area contributed by atoms with Crippen LogP contribution in [-0.4, -0.2) is 41.9 Å². The first kappa shape index (κ1) is 14.8. The maximum absolute atomic E-state index is 10.9. The zero-order chi connectivity index (χ0) is 13.8. The van der Waals surface area contributed by atoms with E-state index in [9.17, 15) is 8.42 Å². The Morgan fingerprint density at radius 3 is 2.72 bits per heavy atom. The predicted octanol–water partition coefficient (Wildman–Crippen LogP) is 0.266. The highest BCUT2D eigenvalue weighted by Crippen LogP contribution is 2.05. The molecule has 0 amide bonds. The van der Waals surface area contributed by atoms with E-state index in [1.54, 1.807) is 6.07 Å². The Balaban J connectivity index is 2.60. The molecular formula is C10H16N4O2S2. The lowest BCUT2D eigenvalue weighted by Crippen LogP contribution is -2.16. The maximum Gasteiger partial charge on any atom is 0.223 e. The van der Waals surface area contributed by atoms with Crippen molar-refractivity contribution in [2.24, 2.45) is 5.73 Å². The first-order valence-electron chi connectivity index (χ1n) is 5.35. The van der Waals surface area contributed by atoms with Crippen molar-refractivity contribution in [1.82, 2.24) is 9.97 Å². The van der Waals surface area contributed by atoms with Gasteiger partial charge in [-0.05, 0) is 19.4 Å². The molecular weight excluding hydrogens is 272 g/mol. The van der Waals surface area contributed by atoms with E-state index in [1.807, 2.05) is 6.92 Å². The SMILES string of the molecule is Cc1cc(C(N)=S)nc(NCCCS(C)(=O)=O)n1. The third-order valence-electron chi connectivity index (χ3n) is 2.08. The standard InChI is InChI=1S/C10H16N4O2S2/c1-7-6-8(9(11)17)14-10(13-7)12-4-3-5-18(2,15)16/h6H,3-5H2,1-2H3,(H2,11,17)(H,12,13,14). The van der Waals surface area contributed by atoms with Gasteiger partial charge in [0, 0.05) is 18.5 Å². The Bertz CT molecular complexity index is 543. The Morgan fingerprint density at radius 1 is 1.50 bits per heavy atom. The summed E-state index contributed by atoms with van der Waals surface area (Å²) in [5.41, 5.74) is 6.75. The van der Waals surface area contributed by atoms with Gasteiger partial charge in [-0.3, -0.25) is 0 Å². The molecule has 0 atom stereocenters. The highest BCUT2D eigenvalue weighted by Gasteiger charge is 2.05. The highest BCUT2D eigenvalue weighted by molar-refractivity contribution is 7.90. The van der Waals surface area contributed by atoms with Crippen LogP contribution in [0.25, 0.3) is 0 Å². The molecule has 0 bridgehead atoms. The molecule has 6 nitrogen and oxygen atoms in total. The van der Waals surface area contributed by atoms with Crippen LogP contribution in [0.1, 0.15) is 17.8 Å². The Morgan fingerprint density at radius 2 is 2.17 bits per heavy atom. The van der Waals surface area contributed by atoms with Gasteiger partial charge in [-0.15, -0.1) is 0 Å². The second-order valence-corrected chi connectivity index (χ2v) is 6.69. The van der Waals surface area contributed by atoms with Gasteiger partial charge in [0.25, 0.3) is 0 Å². The molecule has 0 aliphatic carbocycles. The summed E-state index contributed by atoms with van der Waals surface area (Å²) in [7, 11) is -2.93. The van der Waals surface area contributed by atoms with Gasteiger partial charge in [-0.1, -0.05) is 12.2 Å². The van der Waals surface area contributed by atoms with E-state index in [1.165, 1.54) is 6.26 Å². The van der Waals surface area contributed by atoms with Crippen molar-refractivity contribution in [2.75, 3.05) is 23.9 Å². The molecule has 1 heterocycles. The maximum atomic E-state index is 10.9. The molecule has 1 aromatic rings. The summed E-state index contributed by atoms with van der Waals surface area (Å²) in [6, 6.07) is 1.70. The van der Waals surface area contributed by atoms with Gasteiger partial charge < -0.3 is 11.1 Å². The van der Waals surface area contributed by atoms with Crippen molar-refractivity contribution >= 4 is 33.0 Å². The number of nitrogens with one attached hydrogen (secondary N) is 1. The largest absolute Gasteiger partial charge is 0.388 e. The van der Waals surface area contributed by atoms with Gasteiger partial charge in [0.1, 0.15) is 20.5 Å². The minimum Gasteiger partial charge on any atom is -0.388 e. The number of hydrogen-bond donors (Lipinski definition) is 2. The minimum atomic E-state index is -2.93. The number of rotatable bonds is 6. The van der Waals surface area contributed by atoms with E-state index in [4.69, 9.17) is 18.0 Å². The van der Waals surface area contributed by atoms with E-state index in [-0.39, 0.29) is 10.7 Å². The van der Waals surface area contributed by atoms with Crippen LogP contribution in [0.15, 0.2) is 6.07 Å². The molecule has 18 heavy (non-hydrogen) atoms. The fourth-order valence-corrected chi connectivity index (χ4v) is 2.08. The Kier molecular flexibility index (Phi) is 4.97. The van der Waals surface area contributed by atoms with Crippen molar-refractivity contribution in [3.63, 3.8) is 0 Å². The van der Waals surface area contributed by atoms with E-state index in [2.05, 4.69) is 15.3 Å². The second-order valence-electron chi connectivity index (χ2n) is 3.99. The van der Waals surface area contributed by atoms with Crippen LogP contribution < -0.4 is 11.1 Å². The first-order chi connectivity index (χ1) is 8.28. The van der Waals surface area contributed by atoms with Crippen LogP contribution in [0.3, 0.4) is 0 Å². The predicted molar refractivity (Wildman–Crippen MR) is 75.5 cm³/mol. The summed E-state index contributed by atoms with van der Waals surface area (Å²) in [6.45, 7) is 2.29. The van der Waals surface area contributed by atoms with Gasteiger partial charge in [0.05, 0.1) is 5.75 Å². The fourth-order valence-electron chi connectivity index (χ4n) is 1.31. The summed E-state index contributed by atoms with van der Waals surface area (Å²) in [5, 5.41) is 2.95. The Hall–Kier alpha value is -1.28. The van der Waals surface area contributed by atoms with Crippen LogP contribution in [0.4, 0.5) is 5.95 Å². The van der Waals surface area contributed by atoms with E-state index >= 15 is 0 Å². The number of nitrogens with zero attached hydrogens (tertiary/aromatic N) is 2. The van der Waals surface area contributed by atoms with Gasteiger partial charge in [0.15, 0.2) is 0 Å². The molecule has 0 spiro atoms. The molecule has 0 saturated heterocycles. The van der Waals surface area contributed by atoms with Crippen LogP contribution in [0, 0.1) is 6.92 Å². The zero-order valence-corrected chi connectivity index (χ0v) is 11.9. The summed E-state index contributed by atoms with van der Waals surface area (Å²) in [5.74, 6) is 0.542. The minimum absolute atomic E-state index is 0.133. The molecule has 8 heteroatoms. The third kappa shape index (κ3) is 5.37. The molecule has 0 saturated carbocycles. The highest BCUT2D eigenvalue weighted by atomic mass is 32.2. The number of thiocarbonyl (C=S) groups is 1. The molecule has 0 unspecified atom stereocenters. The number of aromatic nitrogens is 2. The molecule has 100 valence electrons. The number of hydrogen-bond acceptors (Lipinski definition) is 6. The number of sulfone groups is 1. The molecule has 0 aliphatic rings. The lowest BCUT2D eigenvalue weighted by molar-refractivity contribution is 0.600. The molecule has 3 N–H and O–H groups in total. The quantitative estimate of drug-likeness (QED) is 0.572. The summed E-state index contributed by atoms with van der Waals surface area (Å²) in [4.78, 5) is 8.50. The van der Waals surface area contributed by atoms with Gasteiger partial charge in [0.2, 0.25) is 5.95 Å². The summed E-state index contributed by atoms with van der Waals surface area (Å²) >= 11 is 4.85. The van der Waals surface area contributed by atoms with Crippen molar-refractivity contribution < 1.29 is 8.42 Å². The number of nitrogens with two attached hydrogens (primary N) is 1. The van der Waals surface area contributed by atoms with Crippen molar-refractivity contribution in [2.45, 2.75) is 13.3 Å². The van der Waals surface area contributed by atoms with E-state index in [0.29, 0.717) is 24.6 Å². The fraction of sp³-hybridized carbons (Fsp3) is 0.500. The van der Waals surface area contributed by atoms with Crippen LogP contribution in [0.2, 0.25) is 0 Å². The topological polar surface area (TPSA) is 98.0 Å². The normalized spacial score (nSPS) is 11.2. The zero-order valence-electron chi connectivity index (χ0n) is 10.3. The lowest BCUT2D eigenvalue weighted by atomic mass is 10.3. The smallest absolute Gasteiger partial charge is 0.223 e. The van der Waals surface area contributed by atoms with E-state index < -0.39 is 9.84 Å². The van der Waals surface area contributed by atoms with Crippen LogP contribution in [0.5, 0.6) is 0 Å². The van der Waals surface area contributed by atoms with Gasteiger partial charge in [-0.2, -0.15) is 0 Å². The lowest BCUT2D eigenvalue weighted by Gasteiger charge is -2.07. The third-order valence-corrected chi connectivity index (χ3v) is 3.32. The molecule has 0 aromatic carbocycles. The monoisotopic (exact) mass is 288 g/mol. The summed E-state index contributed by atoms with van der Waals surface area (Å²) < 4.78 is 21.9. The van der Waals surface area contributed by atoms with Crippen molar-refractivity contribution in [3.8, 4) is 0 Å². The molecule has 0 fully saturated rings. The van der Waals surface area contributed by atoms with Crippen molar-refractivity contribution in [3.05, 3.63) is 17.5 Å². The second kappa shape index (κ2) is 6.05. The molecule has 0 aliphatic heterocycles.